The third-order valence-corrected chi connectivity index (χ3v) is 2.84. The molecule has 1 amide bonds. The smallest absolute Gasteiger partial charge is 0.303 e. The predicted molar refractivity (Wildman–Crippen MR) is 65.0 cm³/mol. The molecule has 2 N–H and O–H groups in total. The lowest BCUT2D eigenvalue weighted by Crippen LogP contribution is -2.30. The molecular formula is C12H13ClFNO3. The molecule has 0 saturated carbocycles. The molecule has 0 fully saturated rings. The van der Waals surface area contributed by atoms with Crippen molar-refractivity contribution in [3.8, 4) is 0 Å². The summed E-state index contributed by atoms with van der Waals surface area (Å²) in [5.41, 5.74) is 0.669. The van der Waals surface area contributed by atoms with Gasteiger partial charge in [0.1, 0.15) is 5.82 Å². The number of benzene rings is 1. The van der Waals surface area contributed by atoms with E-state index in [-0.39, 0.29) is 17.5 Å². The molecule has 1 rings (SSSR count). The number of carbonyl (C=O) groups is 2. The van der Waals surface area contributed by atoms with Gasteiger partial charge in [-0.3, -0.25) is 9.59 Å². The number of hydrogen-bond donors (Lipinski definition) is 2. The third-order valence-electron chi connectivity index (χ3n) is 2.49. The van der Waals surface area contributed by atoms with Crippen molar-refractivity contribution in [3.63, 3.8) is 0 Å². The first-order valence-electron chi connectivity index (χ1n) is 5.38. The van der Waals surface area contributed by atoms with E-state index >= 15 is 0 Å². The minimum absolute atomic E-state index is 0.0513. The summed E-state index contributed by atoms with van der Waals surface area (Å²) in [5, 5.41) is 11.4. The van der Waals surface area contributed by atoms with Crippen molar-refractivity contribution in [3.05, 3.63) is 34.6 Å². The van der Waals surface area contributed by atoms with Crippen LogP contribution in [0.15, 0.2) is 18.2 Å². The van der Waals surface area contributed by atoms with Crippen LogP contribution < -0.4 is 5.32 Å². The highest BCUT2D eigenvalue weighted by Crippen LogP contribution is 2.19. The number of halogens is 2. The lowest BCUT2D eigenvalue weighted by molar-refractivity contribution is -0.137. The average Bonchev–Trinajstić information content (AvgIpc) is 2.29. The first-order valence-corrected chi connectivity index (χ1v) is 5.76. The number of carbonyl (C=O) groups excluding carboxylic acids is 1. The highest BCUT2D eigenvalue weighted by molar-refractivity contribution is 6.31. The van der Waals surface area contributed by atoms with Gasteiger partial charge in [-0.2, -0.15) is 0 Å². The lowest BCUT2D eigenvalue weighted by atomic mass is 10.0. The normalized spacial score (nSPS) is 11.9. The molecule has 0 saturated heterocycles. The van der Waals surface area contributed by atoms with E-state index in [1.165, 1.54) is 18.2 Å². The van der Waals surface area contributed by atoms with Crippen molar-refractivity contribution >= 4 is 24.0 Å². The number of hydrogen-bond acceptors (Lipinski definition) is 2. The zero-order valence-electron chi connectivity index (χ0n) is 9.53. The molecule has 1 aromatic carbocycles. The summed E-state index contributed by atoms with van der Waals surface area (Å²) in [6, 6.07) is 3.65. The fraction of sp³-hybridized carbons (Fsp3) is 0.333. The Morgan fingerprint density at radius 1 is 1.56 bits per heavy atom. The Labute approximate surface area is 109 Å². The number of carboxylic acids is 1. The number of carboxylic acid groups (broad SMARTS) is 1. The molecular weight excluding hydrogens is 261 g/mol. The first kappa shape index (κ1) is 14.4. The van der Waals surface area contributed by atoms with E-state index in [0.29, 0.717) is 24.8 Å². The third kappa shape index (κ3) is 4.71. The molecule has 98 valence electrons. The zero-order valence-corrected chi connectivity index (χ0v) is 10.3. The summed E-state index contributed by atoms with van der Waals surface area (Å²) in [6.07, 6.45) is 1.13. The number of nitrogens with one attached hydrogen (secondary N) is 1. The van der Waals surface area contributed by atoms with Crippen LogP contribution in [0.2, 0.25) is 5.02 Å². The van der Waals surface area contributed by atoms with Crippen LogP contribution in [0.3, 0.4) is 0 Å². The summed E-state index contributed by atoms with van der Waals surface area (Å²) in [4.78, 5) is 20.9. The summed E-state index contributed by atoms with van der Waals surface area (Å²) in [7, 11) is 0. The van der Waals surface area contributed by atoms with Crippen LogP contribution in [-0.2, 0) is 16.0 Å². The summed E-state index contributed by atoms with van der Waals surface area (Å²) >= 11 is 5.86. The molecule has 6 heteroatoms. The fourth-order valence-corrected chi connectivity index (χ4v) is 1.84. The Morgan fingerprint density at radius 2 is 2.28 bits per heavy atom. The Bertz CT molecular complexity index is 439. The quantitative estimate of drug-likeness (QED) is 0.747. The average molecular weight is 274 g/mol. The van der Waals surface area contributed by atoms with Crippen LogP contribution in [-0.4, -0.2) is 23.5 Å². The lowest BCUT2D eigenvalue weighted by Gasteiger charge is -2.15. The van der Waals surface area contributed by atoms with Crippen LogP contribution in [0.25, 0.3) is 0 Å². The fourth-order valence-electron chi connectivity index (χ4n) is 1.59. The second kappa shape index (κ2) is 6.96. The maximum Gasteiger partial charge on any atom is 0.303 e. The molecule has 1 unspecified atom stereocenters. The summed E-state index contributed by atoms with van der Waals surface area (Å²) < 4.78 is 12.9. The van der Waals surface area contributed by atoms with Gasteiger partial charge in [0.15, 0.2) is 0 Å². The van der Waals surface area contributed by atoms with Crippen molar-refractivity contribution in [1.82, 2.24) is 5.32 Å². The highest BCUT2D eigenvalue weighted by atomic mass is 35.5. The Kier molecular flexibility index (Phi) is 5.58. The Morgan fingerprint density at radius 3 is 2.83 bits per heavy atom. The van der Waals surface area contributed by atoms with E-state index in [9.17, 15) is 14.0 Å². The van der Waals surface area contributed by atoms with Gasteiger partial charge in [0.25, 0.3) is 0 Å². The van der Waals surface area contributed by atoms with Crippen molar-refractivity contribution in [2.75, 3.05) is 0 Å². The molecule has 1 aromatic rings. The molecule has 0 radical (unpaired) electrons. The highest BCUT2D eigenvalue weighted by Gasteiger charge is 2.13. The van der Waals surface area contributed by atoms with Gasteiger partial charge in [0, 0.05) is 17.5 Å². The second-order valence-corrected chi connectivity index (χ2v) is 4.26. The predicted octanol–water partition coefficient (Wildman–Crippen LogP) is 2.00. The van der Waals surface area contributed by atoms with Crippen LogP contribution >= 0.6 is 11.6 Å². The maximum atomic E-state index is 12.9. The van der Waals surface area contributed by atoms with Gasteiger partial charge in [-0.15, -0.1) is 0 Å². The number of amides is 1. The molecule has 0 heterocycles. The van der Waals surface area contributed by atoms with Crippen LogP contribution in [0.1, 0.15) is 18.4 Å². The minimum atomic E-state index is -0.932. The van der Waals surface area contributed by atoms with Crippen LogP contribution in [0.5, 0.6) is 0 Å². The van der Waals surface area contributed by atoms with E-state index in [1.807, 2.05) is 0 Å². The van der Waals surface area contributed by atoms with Gasteiger partial charge in [0.2, 0.25) is 6.41 Å². The molecule has 0 aliphatic rings. The van der Waals surface area contributed by atoms with Crippen LogP contribution in [0.4, 0.5) is 4.39 Å². The number of rotatable bonds is 7. The van der Waals surface area contributed by atoms with Gasteiger partial charge in [-0.05, 0) is 30.5 Å². The molecule has 4 nitrogen and oxygen atoms in total. The van der Waals surface area contributed by atoms with Crippen molar-refractivity contribution in [2.24, 2.45) is 0 Å². The van der Waals surface area contributed by atoms with Crippen molar-refractivity contribution in [1.29, 1.82) is 0 Å². The van der Waals surface area contributed by atoms with Gasteiger partial charge in [-0.25, -0.2) is 4.39 Å². The molecule has 18 heavy (non-hydrogen) atoms. The number of aliphatic carboxylic acids is 1. The van der Waals surface area contributed by atoms with E-state index in [4.69, 9.17) is 16.7 Å². The SMILES string of the molecule is O=CNC(CCC(=O)O)Cc1ccc(F)cc1Cl. The molecule has 0 spiro atoms. The second-order valence-electron chi connectivity index (χ2n) is 3.85. The molecule has 1 atom stereocenters. The van der Waals surface area contributed by atoms with Gasteiger partial charge >= 0.3 is 5.97 Å². The molecule has 0 bridgehead atoms. The standard InChI is InChI=1S/C12H13ClFNO3/c13-11-6-9(14)2-1-8(11)5-10(15-7-16)3-4-12(17)18/h1-2,6-7,10H,3-5H2,(H,15,16)(H,17,18). The van der Waals surface area contributed by atoms with E-state index in [2.05, 4.69) is 5.32 Å². The van der Waals surface area contributed by atoms with E-state index in [1.54, 1.807) is 0 Å². The van der Waals surface area contributed by atoms with E-state index in [0.717, 1.165) is 0 Å². The molecule has 0 aliphatic heterocycles. The Hall–Kier alpha value is -1.62. The van der Waals surface area contributed by atoms with E-state index < -0.39 is 11.8 Å². The van der Waals surface area contributed by atoms with Gasteiger partial charge < -0.3 is 10.4 Å². The van der Waals surface area contributed by atoms with Crippen molar-refractivity contribution < 1.29 is 19.1 Å². The Balaban J connectivity index is 2.69. The van der Waals surface area contributed by atoms with Gasteiger partial charge in [-0.1, -0.05) is 17.7 Å². The van der Waals surface area contributed by atoms with Crippen LogP contribution in [0, 0.1) is 5.82 Å². The zero-order chi connectivity index (χ0) is 13.5. The monoisotopic (exact) mass is 273 g/mol. The summed E-state index contributed by atoms with van der Waals surface area (Å²) in [5.74, 6) is -1.37. The maximum absolute atomic E-state index is 12.9. The van der Waals surface area contributed by atoms with Gasteiger partial charge in [0.05, 0.1) is 0 Å². The first-order chi connectivity index (χ1) is 8.52. The largest absolute Gasteiger partial charge is 0.481 e. The minimum Gasteiger partial charge on any atom is -0.481 e. The molecule has 0 aromatic heterocycles. The van der Waals surface area contributed by atoms with Crippen molar-refractivity contribution in [2.45, 2.75) is 25.3 Å². The summed E-state index contributed by atoms with van der Waals surface area (Å²) in [6.45, 7) is 0. The molecule has 0 aliphatic carbocycles. The topological polar surface area (TPSA) is 66.4 Å².